The number of rotatable bonds is 6. The minimum Gasteiger partial charge on any atom is -0.380 e. The number of hydrogen-bond donors (Lipinski definition) is 0. The molecule has 3 fully saturated rings. The van der Waals surface area contributed by atoms with Crippen molar-refractivity contribution in [2.75, 3.05) is 51.5 Å². The van der Waals surface area contributed by atoms with Gasteiger partial charge >= 0.3 is 0 Å². The van der Waals surface area contributed by atoms with Crippen molar-refractivity contribution in [1.29, 1.82) is 0 Å². The van der Waals surface area contributed by atoms with E-state index in [2.05, 4.69) is 0 Å². The average molecular weight is 317 g/mol. The van der Waals surface area contributed by atoms with Gasteiger partial charge in [-0.05, 0) is 18.8 Å². The summed E-state index contributed by atoms with van der Waals surface area (Å²) in [7, 11) is -3.28. The molecule has 2 aliphatic heterocycles. The smallest absolute Gasteiger partial charge is 0.237 e. The molecule has 1 aliphatic carbocycles. The third-order valence-electron chi connectivity index (χ3n) is 4.70. The zero-order chi connectivity index (χ0) is 15.1. The first-order valence-corrected chi connectivity index (χ1v) is 9.55. The molecule has 6 nitrogen and oxygen atoms in total. The Bertz CT molecular complexity index is 515. The van der Waals surface area contributed by atoms with Gasteiger partial charge < -0.3 is 14.4 Å². The van der Waals surface area contributed by atoms with Gasteiger partial charge in [-0.25, -0.2) is 8.42 Å². The molecular weight excluding hydrogens is 294 g/mol. The summed E-state index contributed by atoms with van der Waals surface area (Å²) >= 11 is 0. The van der Waals surface area contributed by atoms with Gasteiger partial charge in [0.1, 0.15) is 5.75 Å². The molecule has 1 amide bonds. The van der Waals surface area contributed by atoms with E-state index in [4.69, 9.17) is 9.47 Å². The molecular formula is C14H23NO5S. The second-order valence-corrected chi connectivity index (χ2v) is 9.02. The molecule has 3 rings (SSSR count). The van der Waals surface area contributed by atoms with Crippen LogP contribution in [0.4, 0.5) is 0 Å². The van der Waals surface area contributed by atoms with Crippen molar-refractivity contribution in [3.63, 3.8) is 0 Å². The van der Waals surface area contributed by atoms with Crippen LogP contribution in [0, 0.1) is 17.3 Å². The third-order valence-corrected chi connectivity index (χ3v) is 5.47. The Morgan fingerprint density at radius 2 is 2.19 bits per heavy atom. The van der Waals surface area contributed by atoms with E-state index in [1.807, 2.05) is 0 Å². The van der Waals surface area contributed by atoms with Crippen molar-refractivity contribution in [3.8, 4) is 0 Å². The molecule has 21 heavy (non-hydrogen) atoms. The van der Waals surface area contributed by atoms with E-state index >= 15 is 0 Å². The molecule has 0 unspecified atom stereocenters. The van der Waals surface area contributed by atoms with E-state index in [1.165, 1.54) is 12.8 Å². The number of likely N-dealkylation sites (tertiary alicyclic amines) is 1. The summed E-state index contributed by atoms with van der Waals surface area (Å²) in [4.78, 5) is 13.8. The van der Waals surface area contributed by atoms with Crippen molar-refractivity contribution in [2.24, 2.45) is 17.3 Å². The highest BCUT2D eigenvalue weighted by Crippen LogP contribution is 2.42. The van der Waals surface area contributed by atoms with Crippen LogP contribution >= 0.6 is 0 Å². The standard InChI is InChI=1S/C14H23NO5S/c1-21(17,18)7-13(16)15-4-12-6-20-10-14(12,8-15)9-19-5-11-2-3-11/h11-12H,2-10H2,1H3/t12-,14-/m1/s1. The zero-order valence-corrected chi connectivity index (χ0v) is 13.2. The largest absolute Gasteiger partial charge is 0.380 e. The highest BCUT2D eigenvalue weighted by Gasteiger charge is 2.52. The van der Waals surface area contributed by atoms with Crippen LogP contribution in [0.15, 0.2) is 0 Å². The Hall–Kier alpha value is -0.660. The molecule has 2 atom stereocenters. The van der Waals surface area contributed by atoms with Crippen LogP contribution in [0.3, 0.4) is 0 Å². The first kappa shape index (κ1) is 15.2. The van der Waals surface area contributed by atoms with Crippen LogP contribution in [-0.4, -0.2) is 70.8 Å². The van der Waals surface area contributed by atoms with Crippen molar-refractivity contribution >= 4 is 15.7 Å². The topological polar surface area (TPSA) is 72.9 Å². The molecule has 0 aromatic heterocycles. The molecule has 1 saturated carbocycles. The minimum absolute atomic E-state index is 0.137. The quantitative estimate of drug-likeness (QED) is 0.686. The lowest BCUT2D eigenvalue weighted by molar-refractivity contribution is -0.128. The predicted molar refractivity (Wildman–Crippen MR) is 76.6 cm³/mol. The van der Waals surface area contributed by atoms with E-state index < -0.39 is 15.6 Å². The van der Waals surface area contributed by atoms with Crippen LogP contribution in [0.1, 0.15) is 12.8 Å². The molecule has 7 heteroatoms. The summed E-state index contributed by atoms with van der Waals surface area (Å²) < 4.78 is 34.0. The molecule has 3 aliphatic rings. The fourth-order valence-electron chi connectivity index (χ4n) is 3.25. The molecule has 0 bridgehead atoms. The second-order valence-electron chi connectivity index (χ2n) is 6.88. The normalized spacial score (nSPS) is 32.4. The van der Waals surface area contributed by atoms with E-state index in [0.29, 0.717) is 38.8 Å². The predicted octanol–water partition coefficient (Wildman–Crippen LogP) is -0.0674. The molecule has 0 spiro atoms. The fraction of sp³-hybridized carbons (Fsp3) is 0.929. The molecule has 120 valence electrons. The van der Waals surface area contributed by atoms with Crippen molar-refractivity contribution < 1.29 is 22.7 Å². The lowest BCUT2D eigenvalue weighted by Gasteiger charge is -2.26. The number of sulfone groups is 1. The maximum atomic E-state index is 12.1. The fourth-order valence-corrected chi connectivity index (χ4v) is 3.89. The Morgan fingerprint density at radius 1 is 1.43 bits per heavy atom. The molecule has 2 saturated heterocycles. The van der Waals surface area contributed by atoms with Gasteiger partial charge in [0.2, 0.25) is 5.91 Å². The number of hydrogen-bond acceptors (Lipinski definition) is 5. The van der Waals surface area contributed by atoms with Gasteiger partial charge in [-0.2, -0.15) is 0 Å². The van der Waals surface area contributed by atoms with Crippen LogP contribution in [0.5, 0.6) is 0 Å². The summed E-state index contributed by atoms with van der Waals surface area (Å²) in [6, 6.07) is 0. The van der Waals surface area contributed by atoms with E-state index in [-0.39, 0.29) is 17.2 Å². The van der Waals surface area contributed by atoms with Gasteiger partial charge in [0.05, 0.1) is 19.8 Å². The van der Waals surface area contributed by atoms with Gasteiger partial charge in [-0.15, -0.1) is 0 Å². The van der Waals surface area contributed by atoms with Gasteiger partial charge in [-0.1, -0.05) is 0 Å². The number of ether oxygens (including phenoxy) is 2. The van der Waals surface area contributed by atoms with Crippen LogP contribution in [0.2, 0.25) is 0 Å². The Balaban J connectivity index is 1.59. The highest BCUT2D eigenvalue weighted by molar-refractivity contribution is 7.91. The summed E-state index contributed by atoms with van der Waals surface area (Å²) in [6.07, 6.45) is 3.61. The number of carbonyl (C=O) groups excluding carboxylic acids is 1. The van der Waals surface area contributed by atoms with Crippen molar-refractivity contribution in [1.82, 2.24) is 4.90 Å². The van der Waals surface area contributed by atoms with Crippen LogP contribution in [0.25, 0.3) is 0 Å². The lowest BCUT2D eigenvalue weighted by Crippen LogP contribution is -2.39. The zero-order valence-electron chi connectivity index (χ0n) is 12.4. The Kier molecular flexibility index (Phi) is 4.00. The van der Waals surface area contributed by atoms with E-state index in [1.54, 1.807) is 4.90 Å². The number of fused-ring (bicyclic) bond motifs is 1. The maximum absolute atomic E-state index is 12.1. The second kappa shape index (κ2) is 5.52. The lowest BCUT2D eigenvalue weighted by atomic mass is 9.82. The summed E-state index contributed by atoms with van der Waals surface area (Å²) in [6.45, 7) is 3.78. The molecule has 0 aromatic carbocycles. The molecule has 2 heterocycles. The average Bonchev–Trinajstić information content (AvgIpc) is 2.97. The van der Waals surface area contributed by atoms with Crippen molar-refractivity contribution in [2.45, 2.75) is 12.8 Å². The summed E-state index contributed by atoms with van der Waals surface area (Å²) in [5, 5.41) is 0. The monoisotopic (exact) mass is 317 g/mol. The number of amides is 1. The van der Waals surface area contributed by atoms with Crippen molar-refractivity contribution in [3.05, 3.63) is 0 Å². The molecule has 0 radical (unpaired) electrons. The van der Waals surface area contributed by atoms with E-state index in [9.17, 15) is 13.2 Å². The summed E-state index contributed by atoms with van der Waals surface area (Å²) in [5.74, 6) is 0.278. The number of nitrogens with zero attached hydrogens (tertiary/aromatic N) is 1. The summed E-state index contributed by atoms with van der Waals surface area (Å²) in [5.41, 5.74) is -0.137. The van der Waals surface area contributed by atoms with Crippen LogP contribution < -0.4 is 0 Å². The van der Waals surface area contributed by atoms with Gasteiger partial charge in [0.25, 0.3) is 0 Å². The van der Waals surface area contributed by atoms with Gasteiger partial charge in [0.15, 0.2) is 9.84 Å². The molecule has 0 N–H and O–H groups in total. The number of carbonyl (C=O) groups is 1. The van der Waals surface area contributed by atoms with Gasteiger partial charge in [0, 0.05) is 37.3 Å². The minimum atomic E-state index is -3.28. The van der Waals surface area contributed by atoms with Gasteiger partial charge in [-0.3, -0.25) is 4.79 Å². The Morgan fingerprint density at radius 3 is 2.86 bits per heavy atom. The molecule has 0 aromatic rings. The first-order chi connectivity index (χ1) is 9.88. The Labute approximate surface area is 125 Å². The van der Waals surface area contributed by atoms with E-state index in [0.717, 1.165) is 12.9 Å². The van der Waals surface area contributed by atoms with Crippen LogP contribution in [-0.2, 0) is 24.1 Å². The SMILES string of the molecule is CS(=O)(=O)CC(=O)N1C[C@@H]2COC[C@]2(COCC2CC2)C1. The maximum Gasteiger partial charge on any atom is 0.237 e. The third kappa shape index (κ3) is 3.57. The highest BCUT2D eigenvalue weighted by atomic mass is 32.2. The first-order valence-electron chi connectivity index (χ1n) is 7.49.